The maximum absolute atomic E-state index is 13.3. The highest BCUT2D eigenvalue weighted by Crippen LogP contribution is 2.40. The molecule has 0 unspecified atom stereocenters. The van der Waals surface area contributed by atoms with Crippen molar-refractivity contribution in [1.29, 1.82) is 0 Å². The standard InChI is InChI=1S/C31H34N2O4/c1-21-11-13-24(14-12-21)28-27(30(35)31(36)33(28)18-8-17-32(3)4)29(34)26-16-15-25(19-22(26)2)37-20-23-9-6-5-7-10-23/h5-7,9-16,19,28,34H,8,17-18,20H2,1-4H3/t28-/m0/s1. The van der Waals surface area contributed by atoms with Gasteiger partial charge in [-0.15, -0.1) is 0 Å². The van der Waals surface area contributed by atoms with E-state index in [0.717, 1.165) is 35.2 Å². The van der Waals surface area contributed by atoms with Gasteiger partial charge in [0.2, 0.25) is 0 Å². The van der Waals surface area contributed by atoms with Gasteiger partial charge in [-0.1, -0.05) is 60.2 Å². The summed E-state index contributed by atoms with van der Waals surface area (Å²) in [6.07, 6.45) is 0.717. The molecule has 4 rings (SSSR count). The average Bonchev–Trinajstić information content (AvgIpc) is 3.13. The number of aliphatic hydroxyl groups excluding tert-OH is 1. The molecule has 0 saturated carbocycles. The van der Waals surface area contributed by atoms with Crippen LogP contribution in [0.25, 0.3) is 5.76 Å². The third kappa shape index (κ3) is 5.92. The van der Waals surface area contributed by atoms with E-state index >= 15 is 0 Å². The van der Waals surface area contributed by atoms with Gasteiger partial charge in [-0.25, -0.2) is 0 Å². The van der Waals surface area contributed by atoms with Gasteiger partial charge in [0.15, 0.2) is 0 Å². The number of carbonyl (C=O) groups is 2. The topological polar surface area (TPSA) is 70.1 Å². The Morgan fingerprint density at radius 3 is 2.32 bits per heavy atom. The number of hydrogen-bond acceptors (Lipinski definition) is 5. The van der Waals surface area contributed by atoms with E-state index in [1.807, 2.05) is 93.5 Å². The van der Waals surface area contributed by atoms with Crippen molar-refractivity contribution in [3.05, 3.63) is 106 Å². The highest BCUT2D eigenvalue weighted by atomic mass is 16.5. The van der Waals surface area contributed by atoms with Crippen molar-refractivity contribution < 1.29 is 19.4 Å². The minimum Gasteiger partial charge on any atom is -0.507 e. The molecule has 6 heteroatoms. The molecule has 0 radical (unpaired) electrons. The molecule has 1 aliphatic rings. The minimum absolute atomic E-state index is 0.125. The summed E-state index contributed by atoms with van der Waals surface area (Å²) in [6.45, 7) is 5.48. The van der Waals surface area contributed by atoms with Gasteiger partial charge in [-0.05, 0) is 75.8 Å². The maximum Gasteiger partial charge on any atom is 0.295 e. The van der Waals surface area contributed by atoms with E-state index in [0.29, 0.717) is 24.5 Å². The second-order valence-electron chi connectivity index (χ2n) is 9.81. The van der Waals surface area contributed by atoms with Crippen LogP contribution in [0.3, 0.4) is 0 Å². The van der Waals surface area contributed by atoms with Gasteiger partial charge < -0.3 is 19.6 Å². The van der Waals surface area contributed by atoms with Crippen LogP contribution in [0.5, 0.6) is 5.75 Å². The first-order valence-corrected chi connectivity index (χ1v) is 12.5. The van der Waals surface area contributed by atoms with Crippen LogP contribution in [0.15, 0.2) is 78.4 Å². The van der Waals surface area contributed by atoms with Crippen molar-refractivity contribution in [1.82, 2.24) is 9.80 Å². The predicted molar refractivity (Wildman–Crippen MR) is 145 cm³/mol. The van der Waals surface area contributed by atoms with E-state index < -0.39 is 17.7 Å². The van der Waals surface area contributed by atoms with Crippen molar-refractivity contribution in [2.24, 2.45) is 0 Å². The molecule has 37 heavy (non-hydrogen) atoms. The minimum atomic E-state index is -0.656. The summed E-state index contributed by atoms with van der Waals surface area (Å²) in [5.41, 5.74) is 4.33. The summed E-state index contributed by atoms with van der Waals surface area (Å²) in [6, 6.07) is 22.4. The number of aliphatic hydroxyl groups is 1. The Kier molecular flexibility index (Phi) is 8.09. The van der Waals surface area contributed by atoms with Crippen LogP contribution >= 0.6 is 0 Å². The Morgan fingerprint density at radius 1 is 0.973 bits per heavy atom. The molecule has 1 saturated heterocycles. The monoisotopic (exact) mass is 498 g/mol. The van der Waals surface area contributed by atoms with Crippen molar-refractivity contribution in [3.63, 3.8) is 0 Å². The molecule has 6 nitrogen and oxygen atoms in total. The number of nitrogens with zero attached hydrogens (tertiary/aromatic N) is 2. The van der Waals surface area contributed by atoms with E-state index in [2.05, 4.69) is 0 Å². The maximum atomic E-state index is 13.3. The molecule has 0 bridgehead atoms. The fourth-order valence-corrected chi connectivity index (χ4v) is 4.64. The summed E-state index contributed by atoms with van der Waals surface area (Å²) < 4.78 is 5.92. The number of ketones is 1. The summed E-state index contributed by atoms with van der Waals surface area (Å²) in [5.74, 6) is -0.730. The quantitative estimate of drug-likeness (QED) is 0.248. The Hall–Kier alpha value is -3.90. The lowest BCUT2D eigenvalue weighted by atomic mass is 9.93. The zero-order valence-corrected chi connectivity index (χ0v) is 21.9. The Balaban J connectivity index is 1.68. The largest absolute Gasteiger partial charge is 0.507 e. The lowest BCUT2D eigenvalue weighted by molar-refractivity contribution is -0.139. The van der Waals surface area contributed by atoms with Crippen LogP contribution in [-0.4, -0.2) is 53.8 Å². The van der Waals surface area contributed by atoms with Crippen molar-refractivity contribution in [2.75, 3.05) is 27.2 Å². The average molecular weight is 499 g/mol. The summed E-state index contributed by atoms with van der Waals surface area (Å²) >= 11 is 0. The third-order valence-corrected chi connectivity index (χ3v) is 6.64. The number of hydrogen-bond donors (Lipinski definition) is 1. The van der Waals surface area contributed by atoms with E-state index in [-0.39, 0.29) is 11.3 Å². The molecule has 1 heterocycles. The van der Waals surface area contributed by atoms with Crippen LogP contribution in [-0.2, 0) is 16.2 Å². The smallest absolute Gasteiger partial charge is 0.295 e. The van der Waals surface area contributed by atoms with Crippen LogP contribution < -0.4 is 4.74 Å². The second-order valence-corrected chi connectivity index (χ2v) is 9.81. The Morgan fingerprint density at radius 2 is 1.68 bits per heavy atom. The van der Waals surface area contributed by atoms with E-state index in [1.165, 1.54) is 0 Å². The highest BCUT2D eigenvalue weighted by Gasteiger charge is 2.45. The van der Waals surface area contributed by atoms with Crippen LogP contribution in [0, 0.1) is 13.8 Å². The van der Waals surface area contributed by atoms with Gasteiger partial charge in [0, 0.05) is 12.1 Å². The van der Waals surface area contributed by atoms with Gasteiger partial charge in [-0.3, -0.25) is 9.59 Å². The first-order chi connectivity index (χ1) is 17.8. The molecule has 3 aromatic carbocycles. The predicted octanol–water partition coefficient (Wildman–Crippen LogP) is 5.26. The van der Waals surface area contributed by atoms with Gasteiger partial charge in [-0.2, -0.15) is 0 Å². The fourth-order valence-electron chi connectivity index (χ4n) is 4.64. The number of aryl methyl sites for hydroxylation is 2. The SMILES string of the molecule is Cc1ccc([C@H]2C(=C(O)c3ccc(OCc4ccccc4)cc3C)C(=O)C(=O)N2CCCN(C)C)cc1. The molecular weight excluding hydrogens is 464 g/mol. The summed E-state index contributed by atoms with van der Waals surface area (Å²) in [4.78, 5) is 30.0. The molecule has 3 aromatic rings. The zero-order valence-electron chi connectivity index (χ0n) is 21.9. The molecule has 1 aliphatic heterocycles. The van der Waals surface area contributed by atoms with Gasteiger partial charge in [0.05, 0.1) is 11.6 Å². The third-order valence-electron chi connectivity index (χ3n) is 6.64. The number of Topliss-reactive ketones (excluding diaryl/α,β-unsaturated/α-hetero) is 1. The van der Waals surface area contributed by atoms with Crippen LogP contribution in [0.2, 0.25) is 0 Å². The second kappa shape index (κ2) is 11.4. The molecule has 1 N–H and O–H groups in total. The van der Waals surface area contributed by atoms with Crippen molar-refractivity contribution in [3.8, 4) is 5.75 Å². The highest BCUT2D eigenvalue weighted by molar-refractivity contribution is 6.46. The van der Waals surface area contributed by atoms with Gasteiger partial charge >= 0.3 is 0 Å². The number of benzene rings is 3. The molecular formula is C31H34N2O4. The van der Waals surface area contributed by atoms with E-state index in [4.69, 9.17) is 4.74 Å². The van der Waals surface area contributed by atoms with E-state index in [9.17, 15) is 14.7 Å². The number of amides is 1. The molecule has 0 aliphatic carbocycles. The Labute approximate surface area is 218 Å². The number of carbonyl (C=O) groups excluding carboxylic acids is 2. The first kappa shape index (κ1) is 26.2. The molecule has 1 fully saturated rings. The van der Waals surface area contributed by atoms with Crippen molar-refractivity contribution in [2.45, 2.75) is 32.9 Å². The van der Waals surface area contributed by atoms with Gasteiger partial charge in [0.25, 0.3) is 11.7 Å². The number of likely N-dealkylation sites (tertiary alicyclic amines) is 1. The Bertz CT molecular complexity index is 1300. The van der Waals surface area contributed by atoms with Crippen molar-refractivity contribution >= 4 is 17.4 Å². The van der Waals surface area contributed by atoms with Gasteiger partial charge in [0.1, 0.15) is 18.1 Å². The lowest BCUT2D eigenvalue weighted by Crippen LogP contribution is -2.32. The summed E-state index contributed by atoms with van der Waals surface area (Å²) in [5, 5.41) is 11.4. The number of rotatable bonds is 9. The summed E-state index contributed by atoms with van der Waals surface area (Å²) in [7, 11) is 3.95. The molecule has 1 amide bonds. The molecule has 192 valence electrons. The van der Waals surface area contributed by atoms with Crippen LogP contribution in [0.4, 0.5) is 0 Å². The molecule has 0 spiro atoms. The number of ether oxygens (including phenoxy) is 1. The first-order valence-electron chi connectivity index (χ1n) is 12.5. The van der Waals surface area contributed by atoms with Crippen LogP contribution in [0.1, 0.15) is 40.3 Å². The zero-order chi connectivity index (χ0) is 26.5. The normalized spacial score (nSPS) is 17.0. The molecule has 1 atom stereocenters. The molecule has 0 aromatic heterocycles. The lowest BCUT2D eigenvalue weighted by Gasteiger charge is -2.26. The van der Waals surface area contributed by atoms with E-state index in [1.54, 1.807) is 17.0 Å². The fraction of sp³-hybridized carbons (Fsp3) is 0.290.